The Kier molecular flexibility index (Phi) is 5.01. The minimum absolute atomic E-state index is 0.0224. The quantitative estimate of drug-likeness (QED) is 0.328. The van der Waals surface area contributed by atoms with E-state index in [4.69, 9.17) is 9.47 Å². The largest absolute Gasteiger partial charge is 0.454 e. The molecule has 10 heteroatoms. The Hall–Kier alpha value is -3.79. The maximum atomic E-state index is 14.6. The van der Waals surface area contributed by atoms with E-state index in [-0.39, 0.29) is 12.4 Å². The maximum Gasteiger partial charge on any atom is 0.419 e. The van der Waals surface area contributed by atoms with Gasteiger partial charge in [0.2, 0.25) is 6.79 Å². The summed E-state index contributed by atoms with van der Waals surface area (Å²) in [5, 5.41) is 19.3. The fraction of sp³-hybridized carbons (Fsp3) is 0.296. The van der Waals surface area contributed by atoms with Crippen LogP contribution in [0.15, 0.2) is 60.8 Å². The Morgan fingerprint density at radius 1 is 1.05 bits per heavy atom. The summed E-state index contributed by atoms with van der Waals surface area (Å²) in [6, 6.07) is 12.4. The highest BCUT2D eigenvalue weighted by atomic mass is 19.4. The van der Waals surface area contributed by atoms with E-state index in [1.165, 1.54) is 18.3 Å². The first-order chi connectivity index (χ1) is 17.5. The number of aliphatic hydroxyl groups is 1. The van der Waals surface area contributed by atoms with Gasteiger partial charge in [0.1, 0.15) is 5.82 Å². The molecule has 37 heavy (non-hydrogen) atoms. The van der Waals surface area contributed by atoms with Gasteiger partial charge < -0.3 is 19.9 Å². The first-order valence-corrected chi connectivity index (χ1v) is 11.7. The highest BCUT2D eigenvalue weighted by Crippen LogP contribution is 2.58. The van der Waals surface area contributed by atoms with Crippen molar-refractivity contribution in [2.45, 2.75) is 43.5 Å². The van der Waals surface area contributed by atoms with E-state index in [0.717, 1.165) is 0 Å². The minimum atomic E-state index is -4.93. The van der Waals surface area contributed by atoms with Gasteiger partial charge in [0, 0.05) is 16.6 Å². The summed E-state index contributed by atoms with van der Waals surface area (Å²) in [7, 11) is 0. The fourth-order valence-corrected chi connectivity index (χ4v) is 5.63. The van der Waals surface area contributed by atoms with Gasteiger partial charge in [0.05, 0.1) is 23.4 Å². The Morgan fingerprint density at radius 2 is 1.81 bits per heavy atom. The summed E-state index contributed by atoms with van der Waals surface area (Å²) in [5.74, 6) is 0.473. The Labute approximate surface area is 209 Å². The van der Waals surface area contributed by atoms with Gasteiger partial charge >= 0.3 is 6.18 Å². The number of nitrogens with zero attached hydrogens (tertiary/aromatic N) is 2. The Bertz CT molecular complexity index is 1510. The van der Waals surface area contributed by atoms with Crippen LogP contribution in [0.25, 0.3) is 16.6 Å². The zero-order valence-corrected chi connectivity index (χ0v) is 19.9. The summed E-state index contributed by atoms with van der Waals surface area (Å²) in [6.07, 6.45) is -3.98. The van der Waals surface area contributed by atoms with Crippen molar-refractivity contribution in [1.82, 2.24) is 9.78 Å². The molecule has 0 saturated heterocycles. The number of fused-ring (bicyclic) bond motifs is 4. The van der Waals surface area contributed by atoms with Gasteiger partial charge in [-0.2, -0.15) is 18.3 Å². The molecule has 6 nitrogen and oxygen atoms in total. The van der Waals surface area contributed by atoms with Crippen LogP contribution in [-0.4, -0.2) is 33.5 Å². The van der Waals surface area contributed by atoms with Gasteiger partial charge in [-0.1, -0.05) is 26.0 Å². The lowest BCUT2D eigenvalue weighted by molar-refractivity contribution is -0.275. The van der Waals surface area contributed by atoms with Crippen molar-refractivity contribution in [3.8, 4) is 17.2 Å². The van der Waals surface area contributed by atoms with Crippen LogP contribution in [0.3, 0.4) is 0 Å². The monoisotopic (exact) mass is 513 g/mol. The molecule has 0 amide bonds. The lowest BCUT2D eigenvalue weighted by Gasteiger charge is -2.49. The molecule has 2 unspecified atom stereocenters. The minimum Gasteiger partial charge on any atom is -0.454 e. The average Bonchev–Trinajstić information content (AvgIpc) is 3.48. The second-order valence-electron chi connectivity index (χ2n) is 10.1. The van der Waals surface area contributed by atoms with Gasteiger partial charge in [0.15, 0.2) is 17.1 Å². The van der Waals surface area contributed by atoms with Crippen LogP contribution in [0.4, 0.5) is 23.2 Å². The number of hydrogen-bond donors (Lipinski definition) is 2. The molecule has 2 atom stereocenters. The number of ether oxygens (including phenoxy) is 2. The molecule has 6 rings (SSSR count). The molecular formula is C27H23F4N3O3. The third-order valence-electron chi connectivity index (χ3n) is 7.22. The predicted octanol–water partition coefficient (Wildman–Crippen LogP) is 6.02. The van der Waals surface area contributed by atoms with Crippen molar-refractivity contribution in [2.75, 3.05) is 12.1 Å². The topological polar surface area (TPSA) is 68.5 Å². The normalized spacial score (nSPS) is 22.2. The van der Waals surface area contributed by atoms with Crippen molar-refractivity contribution in [3.05, 3.63) is 77.7 Å². The summed E-state index contributed by atoms with van der Waals surface area (Å²) in [4.78, 5) is 0. The molecule has 0 radical (unpaired) electrons. The van der Waals surface area contributed by atoms with Crippen molar-refractivity contribution >= 4 is 16.6 Å². The lowest BCUT2D eigenvalue weighted by Crippen LogP contribution is -2.58. The summed E-state index contributed by atoms with van der Waals surface area (Å²) in [6.45, 7) is 3.30. The summed E-state index contributed by atoms with van der Waals surface area (Å²) in [5.41, 5.74) is -1.72. The first kappa shape index (κ1) is 23.6. The molecule has 0 fully saturated rings. The number of aromatic nitrogens is 2. The molecule has 3 aromatic carbocycles. The number of hydrogen-bond acceptors (Lipinski definition) is 5. The highest BCUT2D eigenvalue weighted by Gasteiger charge is 2.64. The van der Waals surface area contributed by atoms with Crippen LogP contribution in [-0.2, 0) is 5.41 Å². The zero-order valence-electron chi connectivity index (χ0n) is 19.9. The predicted molar refractivity (Wildman–Crippen MR) is 129 cm³/mol. The molecular weight excluding hydrogens is 490 g/mol. The second kappa shape index (κ2) is 7.85. The fourth-order valence-electron chi connectivity index (χ4n) is 5.63. The number of alkyl halides is 3. The zero-order chi connectivity index (χ0) is 26.2. The van der Waals surface area contributed by atoms with Crippen LogP contribution in [0.5, 0.6) is 11.5 Å². The van der Waals surface area contributed by atoms with Crippen LogP contribution >= 0.6 is 0 Å². The maximum absolute atomic E-state index is 14.6. The SMILES string of the molecule is CC1(C)CC(O)(C(F)(F)F)C(Nc2cccc3c2cnn3-c2ccc(F)cc2)c2ccc3c(c21)OCO3. The van der Waals surface area contributed by atoms with Crippen molar-refractivity contribution in [2.24, 2.45) is 0 Å². The third kappa shape index (κ3) is 3.53. The number of halogens is 4. The van der Waals surface area contributed by atoms with Crippen molar-refractivity contribution in [1.29, 1.82) is 0 Å². The van der Waals surface area contributed by atoms with Crippen molar-refractivity contribution < 1.29 is 32.1 Å². The number of anilines is 1. The van der Waals surface area contributed by atoms with Gasteiger partial charge in [0.25, 0.3) is 0 Å². The van der Waals surface area contributed by atoms with Crippen LogP contribution in [0.1, 0.15) is 37.4 Å². The molecule has 0 saturated carbocycles. The van der Waals surface area contributed by atoms with E-state index >= 15 is 0 Å². The highest BCUT2D eigenvalue weighted by molar-refractivity contribution is 5.92. The summed E-state index contributed by atoms with van der Waals surface area (Å²) >= 11 is 0. The Balaban J connectivity index is 1.51. The van der Waals surface area contributed by atoms with Gasteiger partial charge in [-0.05, 0) is 59.9 Å². The average molecular weight is 513 g/mol. The molecule has 2 N–H and O–H groups in total. The molecule has 1 aromatic heterocycles. The van der Waals surface area contributed by atoms with E-state index < -0.39 is 35.5 Å². The third-order valence-corrected chi connectivity index (χ3v) is 7.22. The Morgan fingerprint density at radius 3 is 2.54 bits per heavy atom. The van der Waals surface area contributed by atoms with Crippen LogP contribution in [0.2, 0.25) is 0 Å². The smallest absolute Gasteiger partial charge is 0.419 e. The molecule has 4 aromatic rings. The van der Waals surface area contributed by atoms with Crippen LogP contribution in [0, 0.1) is 5.82 Å². The molecule has 192 valence electrons. The number of rotatable bonds is 3. The first-order valence-electron chi connectivity index (χ1n) is 11.7. The molecule has 0 spiro atoms. The second-order valence-corrected chi connectivity index (χ2v) is 10.1. The van der Waals surface area contributed by atoms with E-state index in [1.54, 1.807) is 61.0 Å². The lowest BCUT2D eigenvalue weighted by atomic mass is 9.63. The molecule has 1 aliphatic carbocycles. The molecule has 0 bridgehead atoms. The molecule has 2 aliphatic rings. The summed E-state index contributed by atoms with van der Waals surface area (Å²) < 4.78 is 69.8. The van der Waals surface area contributed by atoms with Gasteiger partial charge in [-0.25, -0.2) is 9.07 Å². The molecule has 1 aliphatic heterocycles. The van der Waals surface area contributed by atoms with E-state index in [0.29, 0.717) is 39.3 Å². The molecule has 2 heterocycles. The standard InChI is InChI=1S/C27H23F4N3O3/c1-25(2)13-26(35,27(29,30)31)24(17-10-11-21-23(22(17)25)37-14-36-21)33-19-4-3-5-20-18(19)12-32-34(20)16-8-6-15(28)7-9-16/h3-12,24,33,35H,13-14H2,1-2H3. The van der Waals surface area contributed by atoms with E-state index in [2.05, 4.69) is 10.4 Å². The van der Waals surface area contributed by atoms with Gasteiger partial charge in [-0.3, -0.25) is 0 Å². The van der Waals surface area contributed by atoms with Crippen molar-refractivity contribution in [3.63, 3.8) is 0 Å². The van der Waals surface area contributed by atoms with Crippen LogP contribution < -0.4 is 14.8 Å². The number of nitrogens with one attached hydrogen (secondary N) is 1. The van der Waals surface area contributed by atoms with E-state index in [9.17, 15) is 22.7 Å². The van der Waals surface area contributed by atoms with E-state index in [1.807, 2.05) is 0 Å². The number of benzene rings is 3. The van der Waals surface area contributed by atoms with Gasteiger partial charge in [-0.15, -0.1) is 0 Å².